The van der Waals surface area contributed by atoms with E-state index in [1.165, 1.54) is 19.3 Å². The van der Waals surface area contributed by atoms with E-state index >= 15 is 0 Å². The molecule has 114 valence electrons. The fourth-order valence-electron chi connectivity index (χ4n) is 3.52. The molecule has 20 heavy (non-hydrogen) atoms. The van der Waals surface area contributed by atoms with E-state index in [-0.39, 0.29) is 17.9 Å². The van der Waals surface area contributed by atoms with Gasteiger partial charge in [0.15, 0.2) is 0 Å². The van der Waals surface area contributed by atoms with Crippen molar-refractivity contribution in [3.8, 4) is 0 Å². The van der Waals surface area contributed by atoms with Crippen LogP contribution in [0.5, 0.6) is 0 Å². The Bertz CT molecular complexity index is 370. The van der Waals surface area contributed by atoms with Gasteiger partial charge >= 0.3 is 0 Å². The molecule has 0 bridgehead atoms. The first-order valence-electron chi connectivity index (χ1n) is 7.84. The summed E-state index contributed by atoms with van der Waals surface area (Å²) in [6.07, 6.45) is 6.98. The van der Waals surface area contributed by atoms with Crippen molar-refractivity contribution in [2.45, 2.75) is 70.5 Å². The van der Waals surface area contributed by atoms with E-state index in [9.17, 15) is 9.59 Å². The van der Waals surface area contributed by atoms with Gasteiger partial charge in [-0.3, -0.25) is 9.59 Å². The minimum Gasteiger partial charge on any atom is -0.368 e. The molecule has 0 spiro atoms. The predicted molar refractivity (Wildman–Crippen MR) is 77.9 cm³/mol. The van der Waals surface area contributed by atoms with Crippen molar-refractivity contribution in [2.24, 2.45) is 17.6 Å². The highest BCUT2D eigenvalue weighted by atomic mass is 16.2. The molecular weight excluding hydrogens is 254 g/mol. The fourth-order valence-corrected chi connectivity index (χ4v) is 3.52. The molecule has 5 nitrogen and oxygen atoms in total. The fraction of sp³-hybridized carbons (Fsp3) is 0.867. The van der Waals surface area contributed by atoms with Gasteiger partial charge < -0.3 is 16.4 Å². The normalized spacial score (nSPS) is 31.4. The molecule has 1 saturated heterocycles. The molecule has 4 unspecified atom stereocenters. The lowest BCUT2D eigenvalue weighted by Gasteiger charge is -2.40. The molecule has 0 aromatic heterocycles. The quantitative estimate of drug-likeness (QED) is 0.716. The standard InChI is InChI=1S/C15H27N3O2/c1-9(2)13(14(16)19)18-15(20)12-8-7-10-5-3-4-6-11(10)17-12/h9-13,17H,3-8H2,1-2H3,(H2,16,19)(H,18,20). The first-order valence-corrected chi connectivity index (χ1v) is 7.84. The zero-order valence-corrected chi connectivity index (χ0v) is 12.5. The Morgan fingerprint density at radius 3 is 2.50 bits per heavy atom. The number of primary amides is 1. The first-order chi connectivity index (χ1) is 9.49. The van der Waals surface area contributed by atoms with Crippen LogP contribution in [0, 0.1) is 11.8 Å². The highest BCUT2D eigenvalue weighted by Gasteiger charge is 2.35. The summed E-state index contributed by atoms with van der Waals surface area (Å²) >= 11 is 0. The van der Waals surface area contributed by atoms with Crippen molar-refractivity contribution in [1.29, 1.82) is 0 Å². The number of nitrogens with two attached hydrogens (primary N) is 1. The summed E-state index contributed by atoms with van der Waals surface area (Å²) in [6, 6.07) is -0.275. The third kappa shape index (κ3) is 3.51. The molecule has 4 N–H and O–H groups in total. The second kappa shape index (κ2) is 6.57. The van der Waals surface area contributed by atoms with Crippen LogP contribution < -0.4 is 16.4 Å². The lowest BCUT2D eigenvalue weighted by molar-refractivity contribution is -0.130. The minimum absolute atomic E-state index is 0.0162. The van der Waals surface area contributed by atoms with Gasteiger partial charge in [-0.25, -0.2) is 0 Å². The second-order valence-corrected chi connectivity index (χ2v) is 6.58. The minimum atomic E-state index is -0.576. The van der Waals surface area contributed by atoms with Gasteiger partial charge in [0.2, 0.25) is 11.8 Å². The summed E-state index contributed by atoms with van der Waals surface area (Å²) in [5.74, 6) is 0.207. The Morgan fingerprint density at radius 2 is 1.85 bits per heavy atom. The SMILES string of the molecule is CC(C)C(NC(=O)C1CCC2CCCCC2N1)C(N)=O. The number of fused-ring (bicyclic) bond motifs is 1. The lowest BCUT2D eigenvalue weighted by atomic mass is 9.77. The van der Waals surface area contributed by atoms with E-state index < -0.39 is 11.9 Å². The van der Waals surface area contributed by atoms with Gasteiger partial charge in [-0.2, -0.15) is 0 Å². The van der Waals surface area contributed by atoms with Crippen molar-refractivity contribution in [3.05, 3.63) is 0 Å². The molecule has 2 rings (SSSR count). The Balaban J connectivity index is 1.91. The average molecular weight is 281 g/mol. The summed E-state index contributed by atoms with van der Waals surface area (Å²) in [4.78, 5) is 23.7. The average Bonchev–Trinajstić information content (AvgIpc) is 2.43. The van der Waals surface area contributed by atoms with Crippen molar-refractivity contribution >= 4 is 11.8 Å². The van der Waals surface area contributed by atoms with Gasteiger partial charge in [-0.05, 0) is 37.5 Å². The summed E-state index contributed by atoms with van der Waals surface area (Å²) in [5, 5.41) is 6.28. The van der Waals surface area contributed by atoms with Gasteiger partial charge in [0.05, 0.1) is 6.04 Å². The largest absolute Gasteiger partial charge is 0.368 e. The zero-order valence-electron chi connectivity index (χ0n) is 12.5. The maximum Gasteiger partial charge on any atom is 0.240 e. The molecule has 0 radical (unpaired) electrons. The van der Waals surface area contributed by atoms with Crippen LogP contribution in [-0.2, 0) is 9.59 Å². The molecule has 2 aliphatic rings. The number of carbonyl (C=O) groups excluding carboxylic acids is 2. The van der Waals surface area contributed by atoms with Gasteiger partial charge in [0, 0.05) is 6.04 Å². The zero-order chi connectivity index (χ0) is 14.7. The number of rotatable bonds is 4. The number of carbonyl (C=O) groups is 2. The van der Waals surface area contributed by atoms with Crippen LogP contribution in [-0.4, -0.2) is 29.9 Å². The van der Waals surface area contributed by atoms with Gasteiger partial charge in [0.25, 0.3) is 0 Å². The molecule has 2 fully saturated rings. The monoisotopic (exact) mass is 281 g/mol. The molecule has 4 atom stereocenters. The topological polar surface area (TPSA) is 84.2 Å². The molecule has 1 saturated carbocycles. The Morgan fingerprint density at radius 1 is 1.15 bits per heavy atom. The van der Waals surface area contributed by atoms with Crippen molar-refractivity contribution in [2.75, 3.05) is 0 Å². The van der Waals surface area contributed by atoms with Crippen LogP contribution in [0.3, 0.4) is 0 Å². The molecule has 1 aliphatic heterocycles. The Kier molecular flexibility index (Phi) is 5.02. The van der Waals surface area contributed by atoms with Gasteiger partial charge in [0.1, 0.15) is 6.04 Å². The number of hydrogen-bond donors (Lipinski definition) is 3. The summed E-state index contributed by atoms with van der Waals surface area (Å²) in [7, 11) is 0. The highest BCUT2D eigenvalue weighted by Crippen LogP contribution is 2.32. The first kappa shape index (κ1) is 15.3. The molecular formula is C15H27N3O2. The molecule has 1 heterocycles. The van der Waals surface area contributed by atoms with Gasteiger partial charge in [-0.1, -0.05) is 26.7 Å². The molecule has 5 heteroatoms. The Labute approximate surface area is 121 Å². The number of piperidine rings is 1. The van der Waals surface area contributed by atoms with Gasteiger partial charge in [-0.15, -0.1) is 0 Å². The third-order valence-corrected chi connectivity index (χ3v) is 4.74. The smallest absolute Gasteiger partial charge is 0.240 e. The number of nitrogens with one attached hydrogen (secondary N) is 2. The number of amides is 2. The van der Waals surface area contributed by atoms with E-state index in [0.29, 0.717) is 6.04 Å². The Hall–Kier alpha value is -1.10. The third-order valence-electron chi connectivity index (χ3n) is 4.74. The van der Waals surface area contributed by atoms with E-state index in [1.807, 2.05) is 13.8 Å². The van der Waals surface area contributed by atoms with E-state index in [1.54, 1.807) is 0 Å². The summed E-state index contributed by atoms with van der Waals surface area (Å²) in [5.41, 5.74) is 5.35. The highest BCUT2D eigenvalue weighted by molar-refractivity contribution is 5.89. The number of hydrogen-bond acceptors (Lipinski definition) is 3. The summed E-state index contributed by atoms with van der Waals surface area (Å²) < 4.78 is 0. The van der Waals surface area contributed by atoms with E-state index in [4.69, 9.17) is 5.73 Å². The summed E-state index contributed by atoms with van der Waals surface area (Å²) in [6.45, 7) is 3.78. The van der Waals surface area contributed by atoms with Crippen LogP contribution in [0.2, 0.25) is 0 Å². The molecule has 2 amide bonds. The van der Waals surface area contributed by atoms with Crippen LogP contribution in [0.15, 0.2) is 0 Å². The van der Waals surface area contributed by atoms with Crippen molar-refractivity contribution < 1.29 is 9.59 Å². The van der Waals surface area contributed by atoms with Crippen molar-refractivity contribution in [3.63, 3.8) is 0 Å². The van der Waals surface area contributed by atoms with Crippen LogP contribution in [0.25, 0.3) is 0 Å². The van der Waals surface area contributed by atoms with Crippen molar-refractivity contribution in [1.82, 2.24) is 10.6 Å². The van der Waals surface area contributed by atoms with Crippen LogP contribution >= 0.6 is 0 Å². The predicted octanol–water partition coefficient (Wildman–Crippen LogP) is 0.923. The van der Waals surface area contributed by atoms with E-state index in [0.717, 1.165) is 25.2 Å². The maximum absolute atomic E-state index is 12.3. The van der Waals surface area contributed by atoms with Crippen LogP contribution in [0.4, 0.5) is 0 Å². The molecule has 1 aliphatic carbocycles. The lowest BCUT2D eigenvalue weighted by Crippen LogP contribution is -2.58. The van der Waals surface area contributed by atoms with Crippen LogP contribution in [0.1, 0.15) is 52.4 Å². The maximum atomic E-state index is 12.3. The molecule has 0 aromatic rings. The molecule has 0 aromatic carbocycles. The van der Waals surface area contributed by atoms with E-state index in [2.05, 4.69) is 10.6 Å². The second-order valence-electron chi connectivity index (χ2n) is 6.58.